The number of esters is 1. The van der Waals surface area contributed by atoms with Gasteiger partial charge in [-0.15, -0.1) is 0 Å². The normalized spacial score (nSPS) is 45.9. The number of hydrogen-bond acceptors (Lipinski definition) is 4. The van der Waals surface area contributed by atoms with E-state index in [2.05, 4.69) is 6.92 Å². The lowest BCUT2D eigenvalue weighted by Crippen LogP contribution is -2.46. The predicted octanol–water partition coefficient (Wildman–Crippen LogP) is 1.61. The number of aliphatic hydroxyl groups excluding tert-OH is 1. The molecular weight excluding hydrogens is 244 g/mol. The molecule has 5 atom stereocenters. The van der Waals surface area contributed by atoms with E-state index in [4.69, 9.17) is 4.74 Å². The lowest BCUT2D eigenvalue weighted by Gasteiger charge is -2.46. The molecular formula is C15H20O4. The maximum absolute atomic E-state index is 12.0. The lowest BCUT2D eigenvalue weighted by atomic mass is 9.59. The summed E-state index contributed by atoms with van der Waals surface area (Å²) >= 11 is 0. The number of hydrogen-bond donors (Lipinski definition) is 1. The maximum Gasteiger partial charge on any atom is 0.309 e. The van der Waals surface area contributed by atoms with E-state index in [0.717, 1.165) is 18.4 Å². The van der Waals surface area contributed by atoms with Crippen LogP contribution in [-0.4, -0.2) is 29.1 Å². The highest BCUT2D eigenvalue weighted by Gasteiger charge is 2.55. The van der Waals surface area contributed by atoms with Gasteiger partial charge in [-0.25, -0.2) is 0 Å². The van der Waals surface area contributed by atoms with Crippen LogP contribution in [0.4, 0.5) is 0 Å². The molecule has 2 aliphatic carbocycles. The summed E-state index contributed by atoms with van der Waals surface area (Å²) in [6.45, 7) is 5.75. The van der Waals surface area contributed by atoms with Crippen LogP contribution in [-0.2, 0) is 14.3 Å². The van der Waals surface area contributed by atoms with Gasteiger partial charge in [0.2, 0.25) is 0 Å². The number of Topliss-reactive ketones (excluding diaryl/α,β-unsaturated/α-hetero) is 1. The van der Waals surface area contributed by atoms with Crippen molar-refractivity contribution < 1.29 is 19.4 Å². The fraction of sp³-hybridized carbons (Fsp3) is 0.733. The molecule has 0 aromatic carbocycles. The summed E-state index contributed by atoms with van der Waals surface area (Å²) < 4.78 is 5.54. The summed E-state index contributed by atoms with van der Waals surface area (Å²) in [6.07, 6.45) is 1.13. The Morgan fingerprint density at radius 3 is 2.74 bits per heavy atom. The van der Waals surface area contributed by atoms with Crippen LogP contribution in [0.15, 0.2) is 11.1 Å². The first-order valence-corrected chi connectivity index (χ1v) is 6.99. The van der Waals surface area contributed by atoms with E-state index in [1.807, 2.05) is 6.92 Å². The Kier molecular flexibility index (Phi) is 2.65. The molecule has 0 bridgehead atoms. The van der Waals surface area contributed by atoms with Crippen LogP contribution < -0.4 is 0 Å². The zero-order valence-corrected chi connectivity index (χ0v) is 11.6. The Hall–Kier alpha value is -1.16. The highest BCUT2D eigenvalue weighted by atomic mass is 16.6. The molecule has 1 heterocycles. The van der Waals surface area contributed by atoms with Crippen molar-refractivity contribution in [2.45, 2.75) is 52.2 Å². The predicted molar refractivity (Wildman–Crippen MR) is 68.2 cm³/mol. The van der Waals surface area contributed by atoms with E-state index in [0.29, 0.717) is 12.0 Å². The van der Waals surface area contributed by atoms with Gasteiger partial charge in [0.1, 0.15) is 12.2 Å². The summed E-state index contributed by atoms with van der Waals surface area (Å²) in [7, 11) is 0. The number of carbonyl (C=O) groups excluding carboxylic acids is 2. The smallest absolute Gasteiger partial charge is 0.309 e. The van der Waals surface area contributed by atoms with Gasteiger partial charge < -0.3 is 9.84 Å². The van der Waals surface area contributed by atoms with Crippen LogP contribution in [0.2, 0.25) is 0 Å². The van der Waals surface area contributed by atoms with Crippen molar-refractivity contribution in [1.29, 1.82) is 0 Å². The Morgan fingerprint density at radius 2 is 2.05 bits per heavy atom. The first kappa shape index (κ1) is 12.9. The molecule has 0 aromatic heterocycles. The second kappa shape index (κ2) is 3.92. The number of fused-ring (bicyclic) bond motifs is 3. The zero-order chi connectivity index (χ0) is 13.9. The number of rotatable bonds is 0. The SMILES string of the molecule is CC1=C2[C@H]3OC(=O)[C@@H](C)[C@@H]3CC[C@@]2(C)C[C@H](O)C1=O. The van der Waals surface area contributed by atoms with Crippen LogP contribution in [0, 0.1) is 17.3 Å². The van der Waals surface area contributed by atoms with Crippen LogP contribution in [0.5, 0.6) is 0 Å². The minimum absolute atomic E-state index is 0.0863. The van der Waals surface area contributed by atoms with Crippen molar-refractivity contribution in [3.05, 3.63) is 11.1 Å². The number of carbonyl (C=O) groups is 2. The summed E-state index contributed by atoms with van der Waals surface area (Å²) in [4.78, 5) is 23.8. The van der Waals surface area contributed by atoms with Crippen LogP contribution in [0.25, 0.3) is 0 Å². The Balaban J connectivity index is 2.09. The van der Waals surface area contributed by atoms with E-state index in [1.54, 1.807) is 6.92 Å². The quantitative estimate of drug-likeness (QED) is 0.675. The third-order valence-corrected chi connectivity index (χ3v) is 5.33. The van der Waals surface area contributed by atoms with Gasteiger partial charge in [0, 0.05) is 5.92 Å². The van der Waals surface area contributed by atoms with Gasteiger partial charge in [0.05, 0.1) is 5.92 Å². The molecule has 0 radical (unpaired) electrons. The minimum Gasteiger partial charge on any atom is -0.457 e. The highest BCUT2D eigenvalue weighted by molar-refractivity contribution is 6.00. The summed E-state index contributed by atoms with van der Waals surface area (Å²) in [5.74, 6) is -0.257. The van der Waals surface area contributed by atoms with Crippen molar-refractivity contribution in [3.63, 3.8) is 0 Å². The molecule has 2 fully saturated rings. The van der Waals surface area contributed by atoms with Gasteiger partial charge in [-0.1, -0.05) is 13.8 Å². The van der Waals surface area contributed by atoms with Crippen molar-refractivity contribution in [2.24, 2.45) is 17.3 Å². The molecule has 3 aliphatic rings. The third-order valence-electron chi connectivity index (χ3n) is 5.33. The number of aliphatic hydroxyl groups is 1. The summed E-state index contributed by atoms with van der Waals surface area (Å²) in [5.41, 5.74) is 1.37. The van der Waals surface area contributed by atoms with E-state index >= 15 is 0 Å². The van der Waals surface area contributed by atoms with E-state index in [1.165, 1.54) is 0 Å². The first-order chi connectivity index (χ1) is 8.85. The van der Waals surface area contributed by atoms with Crippen LogP contribution >= 0.6 is 0 Å². The van der Waals surface area contributed by atoms with Crippen molar-refractivity contribution in [3.8, 4) is 0 Å². The van der Waals surface area contributed by atoms with Crippen LogP contribution in [0.1, 0.15) is 40.0 Å². The van der Waals surface area contributed by atoms with E-state index in [-0.39, 0.29) is 35.1 Å². The van der Waals surface area contributed by atoms with Gasteiger partial charge in [-0.2, -0.15) is 0 Å². The van der Waals surface area contributed by atoms with Crippen molar-refractivity contribution in [2.75, 3.05) is 0 Å². The van der Waals surface area contributed by atoms with Gasteiger partial charge in [-0.05, 0) is 42.7 Å². The molecule has 3 rings (SSSR count). The molecule has 0 aromatic rings. The molecule has 0 spiro atoms. The lowest BCUT2D eigenvalue weighted by molar-refractivity contribution is -0.144. The topological polar surface area (TPSA) is 63.6 Å². The Labute approximate surface area is 112 Å². The van der Waals surface area contributed by atoms with Gasteiger partial charge >= 0.3 is 5.97 Å². The molecule has 4 heteroatoms. The van der Waals surface area contributed by atoms with Crippen molar-refractivity contribution >= 4 is 11.8 Å². The molecule has 1 saturated heterocycles. The maximum atomic E-state index is 12.0. The molecule has 0 amide bonds. The average Bonchev–Trinajstić information content (AvgIpc) is 2.61. The monoisotopic (exact) mass is 264 g/mol. The second-order valence-corrected chi connectivity index (χ2v) is 6.53. The first-order valence-electron chi connectivity index (χ1n) is 6.99. The molecule has 4 nitrogen and oxygen atoms in total. The average molecular weight is 264 g/mol. The molecule has 1 saturated carbocycles. The molecule has 1 aliphatic heterocycles. The minimum atomic E-state index is -0.903. The standard InChI is InChI=1S/C15H20O4/c1-7-9-4-5-15(3)6-10(16)12(17)8(2)11(15)13(9)19-14(7)18/h7,9-10,13,16H,4-6H2,1-3H3/t7-,9-,10-,13-,15-/m0/s1. The molecule has 1 N–H and O–H groups in total. The molecule has 19 heavy (non-hydrogen) atoms. The Morgan fingerprint density at radius 1 is 1.37 bits per heavy atom. The van der Waals surface area contributed by atoms with E-state index < -0.39 is 6.10 Å². The summed E-state index contributed by atoms with van der Waals surface area (Å²) in [5, 5.41) is 9.91. The van der Waals surface area contributed by atoms with Gasteiger partial charge in [-0.3, -0.25) is 9.59 Å². The fourth-order valence-electron chi connectivity index (χ4n) is 4.17. The molecule has 0 unspecified atom stereocenters. The van der Waals surface area contributed by atoms with Crippen molar-refractivity contribution in [1.82, 2.24) is 0 Å². The third kappa shape index (κ3) is 1.62. The van der Waals surface area contributed by atoms with Crippen LogP contribution in [0.3, 0.4) is 0 Å². The van der Waals surface area contributed by atoms with Gasteiger partial charge in [0.15, 0.2) is 5.78 Å². The summed E-state index contributed by atoms with van der Waals surface area (Å²) in [6, 6.07) is 0. The highest BCUT2D eigenvalue weighted by Crippen LogP contribution is 2.54. The number of ether oxygens (including phenoxy) is 1. The number of ketones is 1. The van der Waals surface area contributed by atoms with E-state index in [9.17, 15) is 14.7 Å². The molecule has 104 valence electrons. The Bertz CT molecular complexity index is 492. The fourth-order valence-corrected chi connectivity index (χ4v) is 4.17. The zero-order valence-electron chi connectivity index (χ0n) is 11.6. The largest absolute Gasteiger partial charge is 0.457 e. The second-order valence-electron chi connectivity index (χ2n) is 6.53. The van der Waals surface area contributed by atoms with Gasteiger partial charge in [0.25, 0.3) is 0 Å².